The Balaban J connectivity index is 1.46. The van der Waals surface area contributed by atoms with Gasteiger partial charge in [-0.25, -0.2) is 0 Å². The van der Waals surface area contributed by atoms with Crippen LogP contribution in [0.4, 0.5) is 0 Å². The van der Waals surface area contributed by atoms with Gasteiger partial charge in [-0.15, -0.1) is 0 Å². The molecule has 2 unspecified atom stereocenters. The van der Waals surface area contributed by atoms with Gasteiger partial charge in [-0.2, -0.15) is 0 Å². The maximum absolute atomic E-state index is 5.57. The summed E-state index contributed by atoms with van der Waals surface area (Å²) in [6.45, 7) is 6.96. The third-order valence-corrected chi connectivity index (χ3v) is 4.25. The molecule has 3 heteroatoms. The van der Waals surface area contributed by atoms with E-state index in [1.54, 1.807) is 0 Å². The summed E-state index contributed by atoms with van der Waals surface area (Å²) in [6, 6.07) is 0.790. The Kier molecular flexibility index (Phi) is 3.46. The first-order valence-corrected chi connectivity index (χ1v) is 6.95. The molecule has 0 radical (unpaired) electrons. The lowest BCUT2D eigenvalue weighted by atomic mass is 10.0. The van der Waals surface area contributed by atoms with E-state index >= 15 is 0 Å². The van der Waals surface area contributed by atoms with E-state index in [9.17, 15) is 0 Å². The van der Waals surface area contributed by atoms with Gasteiger partial charge >= 0.3 is 0 Å². The zero-order chi connectivity index (χ0) is 10.8. The number of piperazine rings is 1. The van der Waals surface area contributed by atoms with E-state index in [0.717, 1.165) is 31.1 Å². The molecule has 0 spiro atoms. The van der Waals surface area contributed by atoms with E-state index in [2.05, 4.69) is 10.2 Å². The maximum Gasteiger partial charge on any atom is 0.0506 e. The molecule has 2 atom stereocenters. The topological polar surface area (TPSA) is 24.5 Å². The zero-order valence-corrected chi connectivity index (χ0v) is 10.2. The Morgan fingerprint density at radius 3 is 2.94 bits per heavy atom. The van der Waals surface area contributed by atoms with Crippen LogP contribution in [0, 0.1) is 11.8 Å². The molecule has 0 amide bonds. The van der Waals surface area contributed by atoms with Gasteiger partial charge in [0.25, 0.3) is 0 Å². The average Bonchev–Trinajstić information content (AvgIpc) is 3.15. The quantitative estimate of drug-likeness (QED) is 0.777. The standard InChI is InChI=1S/C13H24N2O/c1-2-11(10-16-7-1)8-15-6-5-14-13(9-15)12-3-4-12/h11-14H,1-10H2. The van der Waals surface area contributed by atoms with E-state index in [4.69, 9.17) is 4.74 Å². The second-order valence-electron chi connectivity index (χ2n) is 5.74. The summed E-state index contributed by atoms with van der Waals surface area (Å²) in [6.07, 6.45) is 5.55. The molecule has 0 bridgehead atoms. The first-order chi connectivity index (χ1) is 7.92. The predicted octanol–water partition coefficient (Wildman–Crippen LogP) is 1.10. The van der Waals surface area contributed by atoms with Crippen LogP contribution in [-0.2, 0) is 4.74 Å². The minimum absolute atomic E-state index is 0.790. The van der Waals surface area contributed by atoms with Gasteiger partial charge in [-0.05, 0) is 37.5 Å². The van der Waals surface area contributed by atoms with Crippen molar-refractivity contribution in [3.05, 3.63) is 0 Å². The van der Waals surface area contributed by atoms with E-state index in [0.29, 0.717) is 0 Å². The molecule has 3 fully saturated rings. The van der Waals surface area contributed by atoms with E-state index in [1.807, 2.05) is 0 Å². The molecule has 2 heterocycles. The second-order valence-corrected chi connectivity index (χ2v) is 5.74. The number of rotatable bonds is 3. The first kappa shape index (κ1) is 11.0. The molecule has 0 aromatic carbocycles. The van der Waals surface area contributed by atoms with Crippen molar-refractivity contribution in [2.45, 2.75) is 31.7 Å². The molecule has 0 aromatic rings. The lowest BCUT2D eigenvalue weighted by Gasteiger charge is -2.36. The Morgan fingerprint density at radius 1 is 1.25 bits per heavy atom. The number of nitrogens with zero attached hydrogens (tertiary/aromatic N) is 1. The molecule has 3 aliphatic rings. The van der Waals surface area contributed by atoms with Crippen molar-refractivity contribution in [1.82, 2.24) is 10.2 Å². The molecule has 2 saturated heterocycles. The Hall–Kier alpha value is -0.120. The van der Waals surface area contributed by atoms with Crippen molar-refractivity contribution < 1.29 is 4.74 Å². The summed E-state index contributed by atoms with van der Waals surface area (Å²) in [5.74, 6) is 1.79. The summed E-state index contributed by atoms with van der Waals surface area (Å²) < 4.78 is 5.57. The van der Waals surface area contributed by atoms with Gasteiger partial charge in [0.2, 0.25) is 0 Å². The molecular weight excluding hydrogens is 200 g/mol. The smallest absolute Gasteiger partial charge is 0.0506 e. The fourth-order valence-corrected chi connectivity index (χ4v) is 3.14. The van der Waals surface area contributed by atoms with Crippen molar-refractivity contribution in [2.75, 3.05) is 39.4 Å². The molecular formula is C13H24N2O. The van der Waals surface area contributed by atoms with Crippen LogP contribution in [0.1, 0.15) is 25.7 Å². The minimum Gasteiger partial charge on any atom is -0.381 e. The Bertz CT molecular complexity index is 224. The van der Waals surface area contributed by atoms with Gasteiger partial charge in [0.1, 0.15) is 0 Å². The van der Waals surface area contributed by atoms with Gasteiger partial charge in [-0.1, -0.05) is 0 Å². The molecule has 1 aliphatic carbocycles. The Labute approximate surface area is 98.5 Å². The van der Waals surface area contributed by atoms with Crippen molar-refractivity contribution in [2.24, 2.45) is 11.8 Å². The highest BCUT2D eigenvalue weighted by atomic mass is 16.5. The van der Waals surface area contributed by atoms with Crippen molar-refractivity contribution in [1.29, 1.82) is 0 Å². The average molecular weight is 224 g/mol. The van der Waals surface area contributed by atoms with E-state index in [1.165, 1.54) is 51.9 Å². The maximum atomic E-state index is 5.57. The minimum atomic E-state index is 0.790. The van der Waals surface area contributed by atoms with Crippen LogP contribution in [-0.4, -0.2) is 50.3 Å². The van der Waals surface area contributed by atoms with Gasteiger partial charge < -0.3 is 15.0 Å². The monoisotopic (exact) mass is 224 g/mol. The van der Waals surface area contributed by atoms with Crippen LogP contribution in [0.5, 0.6) is 0 Å². The number of hydrogen-bond donors (Lipinski definition) is 1. The number of nitrogens with one attached hydrogen (secondary N) is 1. The van der Waals surface area contributed by atoms with Crippen LogP contribution in [0.25, 0.3) is 0 Å². The highest BCUT2D eigenvalue weighted by Gasteiger charge is 2.34. The molecule has 92 valence electrons. The van der Waals surface area contributed by atoms with Crippen molar-refractivity contribution in [3.8, 4) is 0 Å². The Morgan fingerprint density at radius 2 is 2.19 bits per heavy atom. The molecule has 3 nitrogen and oxygen atoms in total. The SMILES string of the molecule is C1COCC(CN2CCNC(C3CC3)C2)C1. The lowest BCUT2D eigenvalue weighted by Crippen LogP contribution is -2.53. The predicted molar refractivity (Wildman–Crippen MR) is 64.5 cm³/mol. The third-order valence-electron chi connectivity index (χ3n) is 4.25. The fourth-order valence-electron chi connectivity index (χ4n) is 3.14. The molecule has 0 aromatic heterocycles. The van der Waals surface area contributed by atoms with Gasteiger partial charge in [0.15, 0.2) is 0 Å². The first-order valence-electron chi connectivity index (χ1n) is 6.95. The van der Waals surface area contributed by atoms with E-state index in [-0.39, 0.29) is 0 Å². The molecule has 1 saturated carbocycles. The lowest BCUT2D eigenvalue weighted by molar-refractivity contribution is 0.0331. The fraction of sp³-hybridized carbons (Fsp3) is 1.00. The normalized spacial score (nSPS) is 37.5. The van der Waals surface area contributed by atoms with Crippen molar-refractivity contribution in [3.63, 3.8) is 0 Å². The third kappa shape index (κ3) is 2.76. The van der Waals surface area contributed by atoms with Crippen LogP contribution in [0.3, 0.4) is 0 Å². The summed E-state index contributed by atoms with van der Waals surface area (Å²) in [5, 5.41) is 3.68. The summed E-state index contributed by atoms with van der Waals surface area (Å²) >= 11 is 0. The van der Waals surface area contributed by atoms with Crippen LogP contribution in [0.2, 0.25) is 0 Å². The zero-order valence-electron chi connectivity index (χ0n) is 10.2. The van der Waals surface area contributed by atoms with E-state index < -0.39 is 0 Å². The number of hydrogen-bond acceptors (Lipinski definition) is 3. The molecule has 3 rings (SSSR count). The largest absolute Gasteiger partial charge is 0.381 e. The van der Waals surface area contributed by atoms with Gasteiger partial charge in [-0.3, -0.25) is 0 Å². The molecule has 1 N–H and O–H groups in total. The van der Waals surface area contributed by atoms with Gasteiger partial charge in [0.05, 0.1) is 6.61 Å². The highest BCUT2D eigenvalue weighted by Crippen LogP contribution is 2.33. The van der Waals surface area contributed by atoms with Crippen LogP contribution < -0.4 is 5.32 Å². The second kappa shape index (κ2) is 5.03. The van der Waals surface area contributed by atoms with Gasteiger partial charge in [0, 0.05) is 38.8 Å². The summed E-state index contributed by atoms with van der Waals surface area (Å²) in [5.41, 5.74) is 0. The summed E-state index contributed by atoms with van der Waals surface area (Å²) in [7, 11) is 0. The highest BCUT2D eigenvalue weighted by molar-refractivity contribution is 4.91. The van der Waals surface area contributed by atoms with Crippen molar-refractivity contribution >= 4 is 0 Å². The number of ether oxygens (including phenoxy) is 1. The van der Waals surface area contributed by atoms with Crippen LogP contribution >= 0.6 is 0 Å². The molecule has 16 heavy (non-hydrogen) atoms. The summed E-state index contributed by atoms with van der Waals surface area (Å²) in [4.78, 5) is 2.67. The molecule has 2 aliphatic heterocycles. The van der Waals surface area contributed by atoms with Crippen LogP contribution in [0.15, 0.2) is 0 Å².